The van der Waals surface area contributed by atoms with E-state index < -0.39 is 0 Å². The minimum absolute atomic E-state index is 0.191. The van der Waals surface area contributed by atoms with Gasteiger partial charge in [-0.3, -0.25) is 4.79 Å². The lowest BCUT2D eigenvalue weighted by molar-refractivity contribution is -0.131. The van der Waals surface area contributed by atoms with Crippen LogP contribution in [0.5, 0.6) is 0 Å². The summed E-state index contributed by atoms with van der Waals surface area (Å²) in [6.45, 7) is 5.15. The molecule has 1 aliphatic heterocycles. The highest BCUT2D eigenvalue weighted by molar-refractivity contribution is 5.78. The van der Waals surface area contributed by atoms with Crippen molar-refractivity contribution in [2.75, 3.05) is 26.2 Å². The number of benzene rings is 1. The summed E-state index contributed by atoms with van der Waals surface area (Å²) in [5, 5.41) is 3.17. The number of amides is 1. The molecule has 0 aliphatic carbocycles. The van der Waals surface area contributed by atoms with Gasteiger partial charge in [-0.15, -0.1) is 0 Å². The summed E-state index contributed by atoms with van der Waals surface area (Å²) in [4.78, 5) is 13.9. The van der Waals surface area contributed by atoms with E-state index in [1.54, 1.807) is 12.1 Å². The number of rotatable bonds is 5. The predicted molar refractivity (Wildman–Crippen MR) is 78.0 cm³/mol. The molecule has 0 unspecified atom stereocenters. The number of nitrogens with one attached hydrogen (secondary N) is 1. The van der Waals surface area contributed by atoms with E-state index in [4.69, 9.17) is 0 Å². The van der Waals surface area contributed by atoms with Gasteiger partial charge in [0.2, 0.25) is 5.91 Å². The molecule has 0 aromatic heterocycles. The monoisotopic (exact) mass is 278 g/mol. The first-order valence-corrected chi connectivity index (χ1v) is 7.38. The first-order valence-electron chi connectivity index (χ1n) is 7.38. The maximum atomic E-state index is 12.7. The minimum Gasteiger partial charge on any atom is -0.342 e. The highest BCUT2D eigenvalue weighted by Gasteiger charge is 2.19. The zero-order chi connectivity index (χ0) is 14.4. The summed E-state index contributed by atoms with van der Waals surface area (Å²) >= 11 is 0. The van der Waals surface area contributed by atoms with Gasteiger partial charge in [-0.25, -0.2) is 4.39 Å². The lowest BCUT2D eigenvalue weighted by Crippen LogP contribution is -2.42. The van der Waals surface area contributed by atoms with Gasteiger partial charge in [-0.05, 0) is 49.4 Å². The van der Waals surface area contributed by atoms with Crippen molar-refractivity contribution in [3.05, 3.63) is 35.6 Å². The fourth-order valence-corrected chi connectivity index (χ4v) is 2.45. The zero-order valence-electron chi connectivity index (χ0n) is 12.1. The molecule has 0 bridgehead atoms. The SMILES string of the molecule is CC1CCN(C(=O)CNCCc2ccc(F)cc2)CC1. The van der Waals surface area contributed by atoms with Crippen LogP contribution < -0.4 is 5.32 Å². The molecule has 1 aromatic rings. The van der Waals surface area contributed by atoms with E-state index in [0.717, 1.165) is 50.4 Å². The molecule has 1 heterocycles. The summed E-state index contributed by atoms with van der Waals surface area (Å²) in [6, 6.07) is 6.50. The molecule has 2 rings (SSSR count). The standard InChI is InChI=1S/C16H23FN2O/c1-13-7-10-19(11-8-13)16(20)12-18-9-6-14-2-4-15(17)5-3-14/h2-5,13,18H,6-12H2,1H3. The molecule has 1 N–H and O–H groups in total. The quantitative estimate of drug-likeness (QED) is 0.838. The third-order valence-corrected chi connectivity index (χ3v) is 3.92. The third kappa shape index (κ3) is 4.60. The van der Waals surface area contributed by atoms with Crippen molar-refractivity contribution in [3.63, 3.8) is 0 Å². The van der Waals surface area contributed by atoms with E-state index in [-0.39, 0.29) is 11.7 Å². The van der Waals surface area contributed by atoms with Crippen LogP contribution in [0, 0.1) is 11.7 Å². The molecule has 1 fully saturated rings. The van der Waals surface area contributed by atoms with Crippen molar-refractivity contribution in [2.24, 2.45) is 5.92 Å². The molecular formula is C16H23FN2O. The zero-order valence-corrected chi connectivity index (χ0v) is 12.1. The Morgan fingerprint density at radius 3 is 2.60 bits per heavy atom. The topological polar surface area (TPSA) is 32.3 Å². The number of hydrogen-bond acceptors (Lipinski definition) is 2. The number of hydrogen-bond donors (Lipinski definition) is 1. The summed E-state index contributed by atoms with van der Waals surface area (Å²) in [7, 11) is 0. The van der Waals surface area contributed by atoms with Crippen LogP contribution in [-0.4, -0.2) is 37.0 Å². The number of piperidine rings is 1. The number of nitrogens with zero attached hydrogens (tertiary/aromatic N) is 1. The molecule has 1 aromatic carbocycles. The fourth-order valence-electron chi connectivity index (χ4n) is 2.45. The van der Waals surface area contributed by atoms with Crippen LogP contribution in [0.15, 0.2) is 24.3 Å². The lowest BCUT2D eigenvalue weighted by atomic mass is 9.99. The van der Waals surface area contributed by atoms with Crippen molar-refractivity contribution in [1.29, 1.82) is 0 Å². The Bertz CT molecular complexity index is 425. The Morgan fingerprint density at radius 2 is 1.95 bits per heavy atom. The molecule has 3 nitrogen and oxygen atoms in total. The van der Waals surface area contributed by atoms with Gasteiger partial charge < -0.3 is 10.2 Å². The van der Waals surface area contributed by atoms with E-state index in [0.29, 0.717) is 6.54 Å². The second kappa shape index (κ2) is 7.39. The first kappa shape index (κ1) is 15.0. The predicted octanol–water partition coefficient (Wildman–Crippen LogP) is 2.22. The highest BCUT2D eigenvalue weighted by atomic mass is 19.1. The fraction of sp³-hybridized carbons (Fsp3) is 0.562. The van der Waals surface area contributed by atoms with Crippen molar-refractivity contribution >= 4 is 5.91 Å². The summed E-state index contributed by atoms with van der Waals surface area (Å²) in [5.41, 5.74) is 1.08. The van der Waals surface area contributed by atoms with Crippen LogP contribution in [-0.2, 0) is 11.2 Å². The molecule has 20 heavy (non-hydrogen) atoms. The second-order valence-electron chi connectivity index (χ2n) is 5.62. The van der Waals surface area contributed by atoms with Gasteiger partial charge in [0.1, 0.15) is 5.82 Å². The van der Waals surface area contributed by atoms with Gasteiger partial charge in [0.05, 0.1) is 6.54 Å². The Labute approximate surface area is 120 Å². The Morgan fingerprint density at radius 1 is 1.30 bits per heavy atom. The molecule has 0 radical (unpaired) electrons. The number of carbonyl (C=O) groups is 1. The van der Waals surface area contributed by atoms with E-state index >= 15 is 0 Å². The molecule has 1 amide bonds. The van der Waals surface area contributed by atoms with Crippen LogP contribution in [0.4, 0.5) is 4.39 Å². The Hall–Kier alpha value is -1.42. The van der Waals surface area contributed by atoms with Crippen LogP contribution in [0.2, 0.25) is 0 Å². The molecule has 1 aliphatic rings. The molecule has 110 valence electrons. The highest BCUT2D eigenvalue weighted by Crippen LogP contribution is 2.15. The minimum atomic E-state index is -0.212. The molecular weight excluding hydrogens is 255 g/mol. The Kier molecular flexibility index (Phi) is 5.53. The molecule has 1 saturated heterocycles. The third-order valence-electron chi connectivity index (χ3n) is 3.92. The largest absolute Gasteiger partial charge is 0.342 e. The van der Waals surface area contributed by atoms with Crippen LogP contribution in [0.25, 0.3) is 0 Å². The van der Waals surface area contributed by atoms with E-state index in [1.165, 1.54) is 12.1 Å². The van der Waals surface area contributed by atoms with Gasteiger partial charge in [0, 0.05) is 13.1 Å². The van der Waals surface area contributed by atoms with Gasteiger partial charge in [0.25, 0.3) is 0 Å². The number of carbonyl (C=O) groups excluding carboxylic acids is 1. The van der Waals surface area contributed by atoms with E-state index in [2.05, 4.69) is 12.2 Å². The normalized spacial score (nSPS) is 16.4. The lowest BCUT2D eigenvalue weighted by Gasteiger charge is -2.30. The first-order chi connectivity index (χ1) is 9.65. The van der Waals surface area contributed by atoms with Crippen LogP contribution in [0.1, 0.15) is 25.3 Å². The van der Waals surface area contributed by atoms with E-state index in [9.17, 15) is 9.18 Å². The van der Waals surface area contributed by atoms with Gasteiger partial charge in [-0.2, -0.15) is 0 Å². The van der Waals surface area contributed by atoms with Crippen molar-refractivity contribution in [2.45, 2.75) is 26.2 Å². The Balaban J connectivity index is 1.63. The molecule has 0 saturated carbocycles. The van der Waals surface area contributed by atoms with Gasteiger partial charge in [0.15, 0.2) is 0 Å². The van der Waals surface area contributed by atoms with Crippen LogP contribution in [0.3, 0.4) is 0 Å². The number of likely N-dealkylation sites (tertiary alicyclic amines) is 1. The summed E-state index contributed by atoms with van der Waals surface area (Å²) < 4.78 is 12.7. The van der Waals surface area contributed by atoms with Gasteiger partial charge in [-0.1, -0.05) is 19.1 Å². The molecule has 4 heteroatoms. The van der Waals surface area contributed by atoms with Crippen LogP contribution >= 0.6 is 0 Å². The second-order valence-corrected chi connectivity index (χ2v) is 5.62. The molecule has 0 atom stereocenters. The molecule has 0 spiro atoms. The summed E-state index contributed by atoms with van der Waals surface area (Å²) in [5.74, 6) is 0.720. The summed E-state index contributed by atoms with van der Waals surface area (Å²) in [6.07, 6.45) is 3.03. The van der Waals surface area contributed by atoms with Crippen molar-refractivity contribution in [3.8, 4) is 0 Å². The van der Waals surface area contributed by atoms with Crippen molar-refractivity contribution in [1.82, 2.24) is 10.2 Å². The average molecular weight is 278 g/mol. The van der Waals surface area contributed by atoms with E-state index in [1.807, 2.05) is 4.90 Å². The van der Waals surface area contributed by atoms with Crippen molar-refractivity contribution < 1.29 is 9.18 Å². The average Bonchev–Trinajstić information content (AvgIpc) is 2.46. The van der Waals surface area contributed by atoms with Gasteiger partial charge >= 0.3 is 0 Å². The maximum Gasteiger partial charge on any atom is 0.236 e. The smallest absolute Gasteiger partial charge is 0.236 e. The maximum absolute atomic E-state index is 12.7. The number of halogens is 1.